The van der Waals surface area contributed by atoms with Crippen molar-refractivity contribution < 1.29 is 4.79 Å². The molecule has 4 aliphatic carbocycles. The molecular formula is C15H25N3O. The monoisotopic (exact) mass is 263 g/mol. The summed E-state index contributed by atoms with van der Waals surface area (Å²) >= 11 is 0. The second-order valence-corrected chi connectivity index (χ2v) is 7.55. The highest BCUT2D eigenvalue weighted by atomic mass is 16.2. The maximum atomic E-state index is 12.4. The number of hydrogen-bond acceptors (Lipinski definition) is 2. The van der Waals surface area contributed by atoms with Crippen LogP contribution in [-0.4, -0.2) is 42.6 Å². The molecule has 2 amide bonds. The van der Waals surface area contributed by atoms with Crippen molar-refractivity contribution in [1.82, 2.24) is 15.5 Å². The van der Waals surface area contributed by atoms with E-state index in [0.29, 0.717) is 6.04 Å². The molecule has 5 aliphatic rings. The van der Waals surface area contributed by atoms with Gasteiger partial charge in [0.25, 0.3) is 0 Å². The summed E-state index contributed by atoms with van der Waals surface area (Å²) in [6.45, 7) is 1.90. The number of likely N-dealkylation sites (N-methyl/N-ethyl adjacent to an activating group) is 1. The van der Waals surface area contributed by atoms with E-state index in [-0.39, 0.29) is 11.6 Å². The predicted molar refractivity (Wildman–Crippen MR) is 73.9 cm³/mol. The topological polar surface area (TPSA) is 44.4 Å². The van der Waals surface area contributed by atoms with E-state index in [4.69, 9.17) is 0 Å². The Hall–Kier alpha value is -0.770. The molecule has 2 N–H and O–H groups in total. The number of nitrogens with zero attached hydrogens (tertiary/aromatic N) is 1. The first-order valence-corrected chi connectivity index (χ1v) is 7.89. The van der Waals surface area contributed by atoms with Gasteiger partial charge in [0.15, 0.2) is 0 Å². The van der Waals surface area contributed by atoms with Crippen molar-refractivity contribution in [2.24, 2.45) is 17.8 Å². The molecule has 1 saturated heterocycles. The highest BCUT2D eigenvalue weighted by Crippen LogP contribution is 2.55. The van der Waals surface area contributed by atoms with Crippen molar-refractivity contribution in [3.63, 3.8) is 0 Å². The summed E-state index contributed by atoms with van der Waals surface area (Å²) in [5.41, 5.74) is 0.150. The molecule has 4 nitrogen and oxygen atoms in total. The molecule has 4 heteroatoms. The van der Waals surface area contributed by atoms with Gasteiger partial charge in [-0.25, -0.2) is 4.79 Å². The fourth-order valence-electron chi connectivity index (χ4n) is 5.29. The third kappa shape index (κ3) is 1.95. The lowest BCUT2D eigenvalue weighted by molar-refractivity contribution is -0.0162. The van der Waals surface area contributed by atoms with E-state index >= 15 is 0 Å². The first-order chi connectivity index (χ1) is 9.13. The lowest BCUT2D eigenvalue weighted by Gasteiger charge is -2.57. The molecule has 5 fully saturated rings. The van der Waals surface area contributed by atoms with Crippen molar-refractivity contribution >= 4 is 6.03 Å². The van der Waals surface area contributed by atoms with Gasteiger partial charge in [0, 0.05) is 25.7 Å². The lowest BCUT2D eigenvalue weighted by Crippen LogP contribution is -2.65. The zero-order valence-electron chi connectivity index (χ0n) is 11.8. The van der Waals surface area contributed by atoms with E-state index < -0.39 is 0 Å². The van der Waals surface area contributed by atoms with Crippen LogP contribution >= 0.6 is 0 Å². The van der Waals surface area contributed by atoms with Crippen LogP contribution in [0.1, 0.15) is 38.5 Å². The van der Waals surface area contributed by atoms with E-state index in [1.165, 1.54) is 38.5 Å². The number of hydrogen-bond donors (Lipinski definition) is 2. The summed E-state index contributed by atoms with van der Waals surface area (Å²) in [6.07, 6.45) is 8.00. The number of amides is 2. The summed E-state index contributed by atoms with van der Waals surface area (Å²) in [7, 11) is 1.95. The summed E-state index contributed by atoms with van der Waals surface area (Å²) in [5, 5.41) is 6.67. The highest BCUT2D eigenvalue weighted by Gasteiger charge is 2.51. The Balaban J connectivity index is 1.45. The number of nitrogens with one attached hydrogen (secondary N) is 2. The van der Waals surface area contributed by atoms with Crippen LogP contribution in [0.5, 0.6) is 0 Å². The molecule has 106 valence electrons. The molecule has 4 bridgehead atoms. The van der Waals surface area contributed by atoms with Gasteiger partial charge in [-0.2, -0.15) is 0 Å². The molecular weight excluding hydrogens is 238 g/mol. The van der Waals surface area contributed by atoms with Gasteiger partial charge in [-0.3, -0.25) is 0 Å². The molecule has 5 rings (SSSR count). The van der Waals surface area contributed by atoms with Crippen LogP contribution in [0, 0.1) is 17.8 Å². The number of urea groups is 1. The minimum Gasteiger partial charge on any atom is -0.333 e. The summed E-state index contributed by atoms with van der Waals surface area (Å²) in [6, 6.07) is 0.558. The van der Waals surface area contributed by atoms with Crippen molar-refractivity contribution in [1.29, 1.82) is 0 Å². The van der Waals surface area contributed by atoms with E-state index in [9.17, 15) is 4.79 Å². The van der Waals surface area contributed by atoms with E-state index in [1.54, 1.807) is 0 Å². The summed E-state index contributed by atoms with van der Waals surface area (Å²) < 4.78 is 0. The standard InChI is InChI=1S/C15H25N3O/c1-18(13-8-16-9-13)14(19)17-15-5-10-2-11(6-15)4-12(3-10)7-15/h10-13,16H,2-9H2,1H3,(H,17,19). The van der Waals surface area contributed by atoms with Gasteiger partial charge in [0.1, 0.15) is 0 Å². The fourth-order valence-corrected chi connectivity index (χ4v) is 5.29. The van der Waals surface area contributed by atoms with Gasteiger partial charge in [-0.15, -0.1) is 0 Å². The van der Waals surface area contributed by atoms with Crippen LogP contribution in [0.25, 0.3) is 0 Å². The second-order valence-electron chi connectivity index (χ2n) is 7.55. The van der Waals surface area contributed by atoms with E-state index in [0.717, 1.165) is 30.8 Å². The quantitative estimate of drug-likeness (QED) is 0.794. The molecule has 0 aromatic carbocycles. The Morgan fingerprint density at radius 2 is 1.63 bits per heavy atom. The van der Waals surface area contributed by atoms with Crippen molar-refractivity contribution in [3.8, 4) is 0 Å². The van der Waals surface area contributed by atoms with Crippen molar-refractivity contribution in [2.75, 3.05) is 20.1 Å². The molecule has 0 atom stereocenters. The Kier molecular flexibility index (Phi) is 2.60. The number of carbonyl (C=O) groups excluding carboxylic acids is 1. The molecule has 1 heterocycles. The maximum absolute atomic E-state index is 12.4. The van der Waals surface area contributed by atoms with Crippen LogP contribution in [-0.2, 0) is 0 Å². The van der Waals surface area contributed by atoms with Crippen LogP contribution in [0.15, 0.2) is 0 Å². The third-order valence-corrected chi connectivity index (χ3v) is 6.04. The molecule has 0 unspecified atom stereocenters. The molecule has 0 radical (unpaired) electrons. The van der Waals surface area contributed by atoms with Gasteiger partial charge < -0.3 is 15.5 Å². The van der Waals surface area contributed by atoms with Gasteiger partial charge >= 0.3 is 6.03 Å². The van der Waals surface area contributed by atoms with Crippen molar-refractivity contribution in [2.45, 2.75) is 50.1 Å². The summed E-state index contributed by atoms with van der Waals surface area (Å²) in [4.78, 5) is 14.4. The molecule has 0 spiro atoms. The Morgan fingerprint density at radius 3 is 2.05 bits per heavy atom. The predicted octanol–water partition coefficient (Wildman–Crippen LogP) is 1.57. The Bertz CT molecular complexity index is 356. The lowest BCUT2D eigenvalue weighted by atomic mass is 9.53. The average molecular weight is 263 g/mol. The average Bonchev–Trinajstić information content (AvgIpc) is 2.23. The number of carbonyl (C=O) groups is 1. The van der Waals surface area contributed by atoms with Crippen LogP contribution in [0.4, 0.5) is 4.79 Å². The second kappa shape index (κ2) is 4.11. The number of rotatable bonds is 2. The van der Waals surface area contributed by atoms with Crippen LogP contribution < -0.4 is 10.6 Å². The Morgan fingerprint density at radius 1 is 1.11 bits per heavy atom. The maximum Gasteiger partial charge on any atom is 0.317 e. The molecule has 0 aromatic heterocycles. The zero-order chi connectivity index (χ0) is 13.0. The molecule has 1 aliphatic heterocycles. The third-order valence-electron chi connectivity index (χ3n) is 6.04. The van der Waals surface area contributed by atoms with Gasteiger partial charge in [0.05, 0.1) is 6.04 Å². The van der Waals surface area contributed by atoms with E-state index in [1.807, 2.05) is 11.9 Å². The SMILES string of the molecule is CN(C(=O)NC12CC3CC(CC(C3)C1)C2)C1CNC1. The largest absolute Gasteiger partial charge is 0.333 e. The molecule has 4 saturated carbocycles. The summed E-state index contributed by atoms with van der Waals surface area (Å²) in [5.74, 6) is 2.67. The van der Waals surface area contributed by atoms with Gasteiger partial charge in [-0.05, 0) is 56.3 Å². The molecule has 0 aromatic rings. The van der Waals surface area contributed by atoms with Crippen molar-refractivity contribution in [3.05, 3.63) is 0 Å². The normalized spacial score (nSPS) is 43.9. The van der Waals surface area contributed by atoms with Crippen LogP contribution in [0.3, 0.4) is 0 Å². The highest BCUT2D eigenvalue weighted by molar-refractivity contribution is 5.75. The zero-order valence-corrected chi connectivity index (χ0v) is 11.8. The van der Waals surface area contributed by atoms with E-state index in [2.05, 4.69) is 10.6 Å². The first-order valence-electron chi connectivity index (χ1n) is 7.89. The Labute approximate surface area is 115 Å². The fraction of sp³-hybridized carbons (Fsp3) is 0.933. The smallest absolute Gasteiger partial charge is 0.317 e. The minimum atomic E-state index is 0.150. The van der Waals surface area contributed by atoms with Gasteiger partial charge in [-0.1, -0.05) is 0 Å². The molecule has 19 heavy (non-hydrogen) atoms. The first kappa shape index (κ1) is 12.0. The minimum absolute atomic E-state index is 0.150. The van der Waals surface area contributed by atoms with Crippen LogP contribution in [0.2, 0.25) is 0 Å². The van der Waals surface area contributed by atoms with Gasteiger partial charge in [0.2, 0.25) is 0 Å².